The number of thiophene rings is 1. The highest BCUT2D eigenvalue weighted by Gasteiger charge is 2.49. The van der Waals surface area contributed by atoms with Gasteiger partial charge >= 0.3 is 0 Å². The van der Waals surface area contributed by atoms with Crippen molar-refractivity contribution in [1.82, 2.24) is 9.80 Å². The Labute approximate surface area is 177 Å². The van der Waals surface area contributed by atoms with Gasteiger partial charge in [-0.3, -0.25) is 9.69 Å². The summed E-state index contributed by atoms with van der Waals surface area (Å²) in [4.78, 5) is 20.4. The Balaban J connectivity index is 1.21. The summed E-state index contributed by atoms with van der Waals surface area (Å²) in [5.74, 6) is 0.996. The van der Waals surface area contributed by atoms with Gasteiger partial charge in [0.05, 0.1) is 11.5 Å². The molecule has 1 atom stereocenters. The van der Waals surface area contributed by atoms with Gasteiger partial charge in [0, 0.05) is 29.4 Å². The monoisotopic (exact) mass is 410 g/mol. The van der Waals surface area contributed by atoms with Crippen molar-refractivity contribution in [3.63, 3.8) is 0 Å². The number of aliphatic hydroxyl groups is 1. The smallest absolute Gasteiger partial charge is 0.229 e. The van der Waals surface area contributed by atoms with E-state index in [1.165, 1.54) is 28.2 Å². The molecule has 29 heavy (non-hydrogen) atoms. The number of aliphatic hydroxyl groups excluding tert-OH is 1. The van der Waals surface area contributed by atoms with E-state index in [-0.39, 0.29) is 11.5 Å². The van der Waals surface area contributed by atoms with Gasteiger partial charge in [-0.1, -0.05) is 30.3 Å². The van der Waals surface area contributed by atoms with Crippen LogP contribution in [-0.2, 0) is 11.3 Å². The van der Waals surface area contributed by atoms with Crippen LogP contribution in [0.2, 0.25) is 0 Å². The minimum atomic E-state index is -0.358. The average molecular weight is 411 g/mol. The van der Waals surface area contributed by atoms with Gasteiger partial charge in [-0.25, -0.2) is 0 Å². The molecular weight excluding hydrogens is 380 g/mol. The molecule has 1 aromatic carbocycles. The molecule has 0 radical (unpaired) electrons. The lowest BCUT2D eigenvalue weighted by molar-refractivity contribution is -0.157. The first-order valence-electron chi connectivity index (χ1n) is 11.0. The summed E-state index contributed by atoms with van der Waals surface area (Å²) in [6.45, 7) is 4.23. The van der Waals surface area contributed by atoms with E-state index >= 15 is 0 Å². The fourth-order valence-corrected chi connectivity index (χ4v) is 6.10. The largest absolute Gasteiger partial charge is 0.391 e. The lowest BCUT2D eigenvalue weighted by Crippen LogP contribution is -2.57. The predicted molar refractivity (Wildman–Crippen MR) is 117 cm³/mol. The van der Waals surface area contributed by atoms with Gasteiger partial charge < -0.3 is 10.0 Å². The Hall–Kier alpha value is -1.69. The molecule has 2 aromatic rings. The quantitative estimate of drug-likeness (QED) is 0.810. The molecule has 1 saturated carbocycles. The Kier molecular flexibility index (Phi) is 5.23. The maximum Gasteiger partial charge on any atom is 0.229 e. The molecule has 1 aromatic heterocycles. The van der Waals surface area contributed by atoms with E-state index in [9.17, 15) is 9.90 Å². The lowest BCUT2D eigenvalue weighted by atomic mass is 9.71. The highest BCUT2D eigenvalue weighted by Crippen LogP contribution is 2.43. The van der Waals surface area contributed by atoms with Crippen LogP contribution in [0.25, 0.3) is 10.4 Å². The Morgan fingerprint density at radius 2 is 1.83 bits per heavy atom. The van der Waals surface area contributed by atoms with Gasteiger partial charge in [0.25, 0.3) is 0 Å². The Morgan fingerprint density at radius 1 is 1.07 bits per heavy atom. The predicted octanol–water partition coefficient (Wildman–Crippen LogP) is 4.00. The van der Waals surface area contributed by atoms with Crippen molar-refractivity contribution in [1.29, 1.82) is 0 Å². The van der Waals surface area contributed by atoms with Crippen molar-refractivity contribution in [2.24, 2.45) is 11.3 Å². The standard InChI is InChI=1S/C24H30N2O2S/c27-20-14-24(23(28)26(16-20)15-18-6-7-18)10-12-25(13-11-24)17-21-8-9-22(29-21)19-4-2-1-3-5-19/h1-5,8-9,18,20,27H,6-7,10-17H2. The number of nitrogens with zero attached hydrogens (tertiary/aromatic N) is 2. The molecule has 4 nitrogen and oxygen atoms in total. The number of carbonyl (C=O) groups is 1. The summed E-state index contributed by atoms with van der Waals surface area (Å²) in [6, 6.07) is 15.0. The van der Waals surface area contributed by atoms with Crippen LogP contribution in [0, 0.1) is 11.3 Å². The normalized spacial score (nSPS) is 24.9. The molecule has 1 amide bonds. The van der Waals surface area contributed by atoms with Gasteiger partial charge in [-0.2, -0.15) is 0 Å². The molecule has 1 unspecified atom stereocenters. The number of benzene rings is 1. The molecule has 1 N–H and O–H groups in total. The van der Waals surface area contributed by atoms with Crippen molar-refractivity contribution < 1.29 is 9.90 Å². The first kappa shape index (κ1) is 19.3. The molecule has 1 spiro atoms. The van der Waals surface area contributed by atoms with E-state index in [2.05, 4.69) is 47.4 Å². The minimum Gasteiger partial charge on any atom is -0.391 e. The zero-order valence-electron chi connectivity index (χ0n) is 16.9. The zero-order valence-corrected chi connectivity index (χ0v) is 17.7. The molecule has 3 heterocycles. The topological polar surface area (TPSA) is 43.8 Å². The highest BCUT2D eigenvalue weighted by atomic mass is 32.1. The molecule has 5 heteroatoms. The number of amides is 1. The number of β-amino-alcohol motifs (C(OH)–C–C–N with tert-alkyl or cyclic N) is 1. The fraction of sp³-hybridized carbons (Fsp3) is 0.542. The molecule has 2 aliphatic heterocycles. The maximum absolute atomic E-state index is 13.2. The molecule has 2 saturated heterocycles. The second-order valence-corrected chi connectivity index (χ2v) is 10.4. The first-order valence-corrected chi connectivity index (χ1v) is 11.8. The first-order chi connectivity index (χ1) is 14.1. The summed E-state index contributed by atoms with van der Waals surface area (Å²) in [6.07, 6.45) is 4.53. The number of likely N-dealkylation sites (tertiary alicyclic amines) is 2. The number of rotatable bonds is 5. The van der Waals surface area contributed by atoms with E-state index in [0.29, 0.717) is 24.8 Å². The van der Waals surface area contributed by atoms with Crippen molar-refractivity contribution in [3.05, 3.63) is 47.3 Å². The molecule has 0 bridgehead atoms. The molecule has 154 valence electrons. The van der Waals surface area contributed by atoms with E-state index < -0.39 is 0 Å². The third-order valence-corrected chi connectivity index (χ3v) is 8.01. The molecule has 1 aliphatic carbocycles. The summed E-state index contributed by atoms with van der Waals surface area (Å²) in [5, 5.41) is 10.5. The number of carbonyl (C=O) groups excluding carboxylic acids is 1. The van der Waals surface area contributed by atoms with E-state index in [1.807, 2.05) is 16.2 Å². The highest BCUT2D eigenvalue weighted by molar-refractivity contribution is 7.15. The minimum absolute atomic E-state index is 0.317. The van der Waals surface area contributed by atoms with E-state index in [0.717, 1.165) is 39.0 Å². The van der Waals surface area contributed by atoms with Gasteiger partial charge in [0.15, 0.2) is 0 Å². The summed E-state index contributed by atoms with van der Waals surface area (Å²) in [5.41, 5.74) is 0.951. The Morgan fingerprint density at radius 3 is 2.55 bits per heavy atom. The summed E-state index contributed by atoms with van der Waals surface area (Å²) >= 11 is 1.86. The fourth-order valence-electron chi connectivity index (χ4n) is 5.04. The second kappa shape index (κ2) is 7.86. The Bertz CT molecular complexity index is 851. The maximum atomic E-state index is 13.2. The van der Waals surface area contributed by atoms with Gasteiger partial charge in [0.2, 0.25) is 5.91 Å². The van der Waals surface area contributed by atoms with Crippen molar-refractivity contribution in [2.75, 3.05) is 26.2 Å². The third kappa shape index (κ3) is 4.14. The van der Waals surface area contributed by atoms with Crippen LogP contribution in [0.5, 0.6) is 0 Å². The molecular formula is C24H30N2O2S. The van der Waals surface area contributed by atoms with Crippen LogP contribution >= 0.6 is 11.3 Å². The lowest BCUT2D eigenvalue weighted by Gasteiger charge is -2.48. The SMILES string of the molecule is O=C1N(CC2CC2)CC(O)CC12CCN(Cc1ccc(-c3ccccc3)s1)CC2. The van der Waals surface area contributed by atoms with E-state index in [4.69, 9.17) is 0 Å². The van der Waals surface area contributed by atoms with Crippen LogP contribution < -0.4 is 0 Å². The van der Waals surface area contributed by atoms with E-state index in [1.54, 1.807) is 0 Å². The van der Waals surface area contributed by atoms with Gasteiger partial charge in [-0.05, 0) is 68.8 Å². The van der Waals surface area contributed by atoms with Crippen LogP contribution in [0.4, 0.5) is 0 Å². The summed E-state index contributed by atoms with van der Waals surface area (Å²) < 4.78 is 0. The second-order valence-electron chi connectivity index (χ2n) is 9.20. The van der Waals surface area contributed by atoms with Crippen LogP contribution in [0.3, 0.4) is 0 Å². The van der Waals surface area contributed by atoms with Gasteiger partial charge in [-0.15, -0.1) is 11.3 Å². The number of hydrogen-bond acceptors (Lipinski definition) is 4. The van der Waals surface area contributed by atoms with Crippen LogP contribution in [0.15, 0.2) is 42.5 Å². The van der Waals surface area contributed by atoms with Gasteiger partial charge in [0.1, 0.15) is 0 Å². The third-order valence-electron chi connectivity index (χ3n) is 6.89. The number of hydrogen-bond donors (Lipinski definition) is 1. The molecule has 3 fully saturated rings. The average Bonchev–Trinajstić information content (AvgIpc) is 3.43. The summed E-state index contributed by atoms with van der Waals surface area (Å²) in [7, 11) is 0. The molecule has 5 rings (SSSR count). The van der Waals surface area contributed by atoms with Crippen LogP contribution in [0.1, 0.15) is 37.0 Å². The van der Waals surface area contributed by atoms with Crippen molar-refractivity contribution in [3.8, 4) is 10.4 Å². The molecule has 3 aliphatic rings. The van der Waals surface area contributed by atoms with Crippen LogP contribution in [-0.4, -0.2) is 53.1 Å². The zero-order chi connectivity index (χ0) is 19.8. The van der Waals surface area contributed by atoms with Crippen molar-refractivity contribution in [2.45, 2.75) is 44.8 Å². The number of piperidine rings is 2. The van der Waals surface area contributed by atoms with Crippen molar-refractivity contribution >= 4 is 17.2 Å².